The van der Waals surface area contributed by atoms with E-state index in [-0.39, 0.29) is 0 Å². The van der Waals surface area contributed by atoms with Gasteiger partial charge in [0, 0.05) is 0 Å². The lowest BCUT2D eigenvalue weighted by atomic mass is 10.1. The molecule has 4 saturated heterocycles. The summed E-state index contributed by atoms with van der Waals surface area (Å²) in [6.45, 7) is 21.5. The molecule has 4 rings (SSSR count). The van der Waals surface area contributed by atoms with E-state index in [0.29, 0.717) is 10.0 Å². The Hall–Kier alpha value is 0.411. The van der Waals surface area contributed by atoms with Crippen LogP contribution in [0.25, 0.3) is 0 Å². The number of hydrogen-bond donors (Lipinski definition) is 0. The van der Waals surface area contributed by atoms with Gasteiger partial charge in [-0.3, -0.25) is 0 Å². The molecule has 4 fully saturated rings. The van der Waals surface area contributed by atoms with Crippen molar-refractivity contribution in [2.45, 2.75) is 179 Å². The summed E-state index contributed by atoms with van der Waals surface area (Å²) in [7, 11) is 6.68. The quantitative estimate of drug-likeness (QED) is 0.0642. The van der Waals surface area contributed by atoms with Crippen LogP contribution in [0.1, 0.15) is 142 Å². The first-order chi connectivity index (χ1) is 25.5. The molecule has 0 aromatic rings. The first kappa shape index (κ1) is 46.1. The number of nitrogens with zero attached hydrogens (tertiary/aromatic N) is 4. The van der Waals surface area contributed by atoms with Gasteiger partial charge in [0.25, 0.3) is 0 Å². The zero-order valence-corrected chi connectivity index (χ0v) is 40.0. The van der Waals surface area contributed by atoms with Gasteiger partial charge in [-0.25, -0.2) is 0 Å². The van der Waals surface area contributed by atoms with Crippen LogP contribution in [0.5, 0.6) is 0 Å². The second-order valence-electron chi connectivity index (χ2n) is 20.7. The third-order valence-corrected chi connectivity index (χ3v) is 27.1. The van der Waals surface area contributed by atoms with Crippen LogP contribution in [0, 0.1) is 0 Å². The van der Waals surface area contributed by atoms with Gasteiger partial charge in [0.05, 0.1) is 107 Å². The third kappa shape index (κ3) is 16.3. The highest BCUT2D eigenvalue weighted by Crippen LogP contribution is 2.34. The van der Waals surface area contributed by atoms with Gasteiger partial charge in [0.2, 0.25) is 0 Å². The van der Waals surface area contributed by atoms with Crippen LogP contribution in [0.3, 0.4) is 0 Å². The van der Waals surface area contributed by atoms with Gasteiger partial charge >= 0.3 is 10.0 Å². The molecule has 0 spiro atoms. The predicted molar refractivity (Wildman–Crippen MR) is 235 cm³/mol. The smallest absolute Gasteiger partial charge is 0.410 e. The topological polar surface area (TPSA) is 18.5 Å². The van der Waals surface area contributed by atoms with E-state index in [0.717, 1.165) is 0 Å². The second kappa shape index (κ2) is 23.1. The van der Waals surface area contributed by atoms with Crippen LogP contribution in [-0.4, -0.2) is 151 Å². The lowest BCUT2D eigenvalue weighted by molar-refractivity contribution is -0.914. The van der Waals surface area contributed by atoms with Crippen molar-refractivity contribution in [2.24, 2.45) is 0 Å². The molecule has 0 N–H and O–H groups in total. The van der Waals surface area contributed by atoms with E-state index in [9.17, 15) is 0 Å². The van der Waals surface area contributed by atoms with Gasteiger partial charge in [-0.05, 0) is 139 Å². The summed E-state index contributed by atoms with van der Waals surface area (Å²) in [4.78, 5) is 0. The number of piperidine rings is 4. The Balaban J connectivity index is 1.49. The van der Waals surface area contributed by atoms with Crippen molar-refractivity contribution in [1.29, 1.82) is 0 Å². The summed E-state index contributed by atoms with van der Waals surface area (Å²) in [5.41, 5.74) is 0. The molecule has 0 amide bonds. The maximum atomic E-state index is 7.60. The summed E-state index contributed by atoms with van der Waals surface area (Å²) in [5, 5.41) is 0. The highest BCUT2D eigenvalue weighted by Gasteiger charge is 2.41. The Morgan fingerprint density at radius 2 is 0.585 bits per heavy atom. The first-order valence-electron chi connectivity index (χ1n) is 23.9. The number of likely N-dealkylation sites (tertiary alicyclic amines) is 4. The molecule has 53 heavy (non-hydrogen) atoms. The lowest BCUT2D eigenvalue weighted by Crippen LogP contribution is -2.51. The van der Waals surface area contributed by atoms with E-state index in [1.807, 2.05) is 0 Å². The fourth-order valence-electron chi connectivity index (χ4n) is 11.4. The van der Waals surface area contributed by atoms with Gasteiger partial charge in [0.15, 0.2) is 16.6 Å². The van der Waals surface area contributed by atoms with Crippen molar-refractivity contribution in [3.05, 3.63) is 0 Å². The zero-order valence-electron chi connectivity index (χ0n) is 37.0. The van der Waals surface area contributed by atoms with Crippen molar-refractivity contribution < 1.29 is 26.2 Å². The minimum Gasteiger partial charge on any atom is -0.434 e. The van der Waals surface area contributed by atoms with Crippen LogP contribution in [0.15, 0.2) is 0 Å². The van der Waals surface area contributed by atoms with Crippen molar-refractivity contribution >= 4 is 26.6 Å². The Kier molecular flexibility index (Phi) is 20.1. The van der Waals surface area contributed by atoms with E-state index >= 15 is 0 Å². The first-order valence-corrected chi connectivity index (χ1v) is 29.8. The molecule has 0 atom stereocenters. The van der Waals surface area contributed by atoms with E-state index in [1.165, 1.54) is 261 Å². The molecule has 6 nitrogen and oxygen atoms in total. The third-order valence-electron chi connectivity index (χ3n) is 15.4. The van der Waals surface area contributed by atoms with Gasteiger partial charge in [-0.15, -0.1) is 0 Å². The van der Waals surface area contributed by atoms with Crippen LogP contribution in [-0.2, 0) is 8.23 Å². The lowest BCUT2D eigenvalue weighted by Gasteiger charge is -2.41. The van der Waals surface area contributed by atoms with E-state index in [4.69, 9.17) is 8.23 Å². The molecular weight excluding hydrogens is 701 g/mol. The molecular formula is C44H94N4O2Si3+4. The number of unbranched alkanes of at least 4 members (excludes halogenated alkanes) is 2. The Morgan fingerprint density at radius 1 is 0.358 bits per heavy atom. The minimum atomic E-state index is -1.94. The summed E-state index contributed by atoms with van der Waals surface area (Å²) in [6.07, 6.45) is 28.0. The van der Waals surface area contributed by atoms with Gasteiger partial charge in [-0.1, -0.05) is 39.5 Å². The van der Waals surface area contributed by atoms with E-state index in [2.05, 4.69) is 42.0 Å². The van der Waals surface area contributed by atoms with E-state index < -0.39 is 16.6 Å². The molecule has 4 aliphatic rings. The number of quaternary nitrogens is 4. The molecule has 0 bridgehead atoms. The molecule has 310 valence electrons. The van der Waals surface area contributed by atoms with Crippen LogP contribution >= 0.6 is 0 Å². The summed E-state index contributed by atoms with van der Waals surface area (Å²) >= 11 is 0. The summed E-state index contributed by atoms with van der Waals surface area (Å²) < 4.78 is 20.5. The molecule has 9 heteroatoms. The summed E-state index contributed by atoms with van der Waals surface area (Å²) in [6, 6.07) is 8.21. The van der Waals surface area contributed by atoms with Crippen molar-refractivity contribution in [1.82, 2.24) is 0 Å². The Bertz CT molecular complexity index is 842. The maximum absolute atomic E-state index is 7.60. The zero-order chi connectivity index (χ0) is 38.0. The van der Waals surface area contributed by atoms with Gasteiger partial charge < -0.3 is 26.2 Å². The largest absolute Gasteiger partial charge is 0.434 e. The molecule has 0 unspecified atom stereocenters. The molecule has 0 saturated carbocycles. The van der Waals surface area contributed by atoms with Crippen LogP contribution in [0.2, 0.25) is 36.3 Å². The minimum absolute atomic E-state index is 0.299. The predicted octanol–water partition coefficient (Wildman–Crippen LogP) is 10.1. The van der Waals surface area contributed by atoms with Crippen LogP contribution < -0.4 is 0 Å². The fraction of sp³-hybridized carbons (Fsp3) is 1.00. The molecule has 4 aliphatic heterocycles. The molecule has 0 aromatic carbocycles. The Labute approximate surface area is 336 Å². The average Bonchev–Trinajstić information content (AvgIpc) is 3.14. The molecule has 2 radical (unpaired) electrons. The SMILES string of the molecule is CCCC[Si](CCC[N+]1(C)CCCCC1)(CCC[N+]1(C)CCCCC1)O[Si]O[Si](CCCC)(CCC[N+]1(C)CCCCC1)CCC[N+]1(C)CCCCC1. The highest BCUT2D eigenvalue weighted by atomic mass is 28.4. The number of hydrogen-bond acceptors (Lipinski definition) is 2. The number of rotatable bonds is 26. The van der Waals surface area contributed by atoms with Crippen molar-refractivity contribution in [2.75, 3.05) is 107 Å². The standard InChI is InChI=1S/C44H94N4O2Si3/c1-7-9-39-52(41-23-35-45(3)27-15-11-16-28-45,42-24-36-46(4)29-17-12-18-30-46)49-51-50-53(40-10-8-2,43-25-37-47(5)31-19-13-20-32-47)44-26-38-48(6)33-21-14-22-34-48/h7-44H2,1-6H3/q+4. The normalized spacial score (nSPS) is 23.2. The van der Waals surface area contributed by atoms with Crippen molar-refractivity contribution in [3.8, 4) is 0 Å². The second-order valence-corrected chi connectivity index (χ2v) is 30.2. The Morgan fingerprint density at radius 3 is 0.811 bits per heavy atom. The van der Waals surface area contributed by atoms with Crippen molar-refractivity contribution in [3.63, 3.8) is 0 Å². The average molecular weight is 796 g/mol. The van der Waals surface area contributed by atoms with Gasteiger partial charge in [-0.2, -0.15) is 0 Å². The molecule has 4 heterocycles. The van der Waals surface area contributed by atoms with E-state index in [1.54, 1.807) is 0 Å². The molecule has 0 aromatic heterocycles. The maximum Gasteiger partial charge on any atom is 0.410 e. The monoisotopic (exact) mass is 795 g/mol. The highest BCUT2D eigenvalue weighted by molar-refractivity contribution is 6.80. The fourth-order valence-corrected chi connectivity index (χ4v) is 22.5. The molecule has 0 aliphatic carbocycles. The van der Waals surface area contributed by atoms with Crippen LogP contribution in [0.4, 0.5) is 0 Å². The summed E-state index contributed by atoms with van der Waals surface area (Å²) in [5.74, 6) is 0. The van der Waals surface area contributed by atoms with Gasteiger partial charge in [0.1, 0.15) is 0 Å².